The third kappa shape index (κ3) is 2.97. The van der Waals surface area contributed by atoms with E-state index in [1.807, 2.05) is 0 Å². The minimum Gasteiger partial charge on any atom is -0.341 e. The maximum atomic E-state index is 12.5. The number of fused-ring (bicyclic) bond motifs is 1. The van der Waals surface area contributed by atoms with E-state index in [0.29, 0.717) is 17.9 Å². The summed E-state index contributed by atoms with van der Waals surface area (Å²) in [6.07, 6.45) is 6.06. The van der Waals surface area contributed by atoms with Crippen molar-refractivity contribution < 1.29 is 4.79 Å². The molecule has 0 radical (unpaired) electrons. The molecule has 3 fully saturated rings. The van der Waals surface area contributed by atoms with E-state index in [0.717, 1.165) is 32.1 Å². The van der Waals surface area contributed by atoms with Gasteiger partial charge in [-0.15, -0.1) is 12.4 Å². The molecule has 0 aromatic carbocycles. The van der Waals surface area contributed by atoms with Crippen molar-refractivity contribution in [1.29, 1.82) is 0 Å². The average Bonchev–Trinajstić information content (AvgIpc) is 3.01. The zero-order valence-corrected chi connectivity index (χ0v) is 13.3. The monoisotopic (exact) mass is 301 g/mol. The number of nitrogens with zero attached hydrogens (tertiary/aromatic N) is 2. The Hall–Kier alpha value is -0.320. The van der Waals surface area contributed by atoms with Gasteiger partial charge in [-0.3, -0.25) is 9.69 Å². The minimum atomic E-state index is 0. The molecule has 2 aliphatic heterocycles. The maximum Gasteiger partial charge on any atom is 0.239 e. The fraction of sp³-hybridized carbons (Fsp3) is 0.933. The second-order valence-electron chi connectivity index (χ2n) is 6.68. The van der Waals surface area contributed by atoms with Crippen LogP contribution in [0.3, 0.4) is 0 Å². The highest BCUT2D eigenvalue weighted by Crippen LogP contribution is 2.38. The van der Waals surface area contributed by atoms with Crippen molar-refractivity contribution >= 4 is 18.3 Å². The molecular formula is C15H28ClN3O. The van der Waals surface area contributed by atoms with Crippen LogP contribution in [0.2, 0.25) is 0 Å². The van der Waals surface area contributed by atoms with Gasteiger partial charge < -0.3 is 10.6 Å². The molecule has 0 spiro atoms. The predicted molar refractivity (Wildman–Crippen MR) is 82.9 cm³/mol. The molecule has 0 bridgehead atoms. The molecule has 1 aliphatic carbocycles. The Balaban J connectivity index is 0.00000147. The van der Waals surface area contributed by atoms with E-state index in [9.17, 15) is 4.79 Å². The first-order valence-electron chi connectivity index (χ1n) is 7.95. The van der Waals surface area contributed by atoms with E-state index in [1.165, 1.54) is 32.1 Å². The number of piperidine rings is 1. The lowest BCUT2D eigenvalue weighted by Gasteiger charge is -2.33. The molecule has 4 atom stereocenters. The van der Waals surface area contributed by atoms with Crippen molar-refractivity contribution in [3.8, 4) is 0 Å². The molecule has 2 heterocycles. The van der Waals surface area contributed by atoms with Crippen LogP contribution in [-0.4, -0.2) is 54.0 Å². The fourth-order valence-electron chi connectivity index (χ4n) is 4.19. The molecule has 0 aromatic heterocycles. The summed E-state index contributed by atoms with van der Waals surface area (Å²) in [5.41, 5.74) is 6.18. The summed E-state index contributed by atoms with van der Waals surface area (Å²) in [5, 5.41) is 0. The summed E-state index contributed by atoms with van der Waals surface area (Å²) in [5.74, 6) is 1.72. The highest BCUT2D eigenvalue weighted by Gasteiger charge is 2.43. The number of likely N-dealkylation sites (tertiary alicyclic amines) is 2. The molecule has 1 saturated carbocycles. The van der Waals surface area contributed by atoms with Crippen molar-refractivity contribution in [2.24, 2.45) is 17.6 Å². The van der Waals surface area contributed by atoms with Crippen LogP contribution in [0, 0.1) is 11.8 Å². The molecule has 4 nitrogen and oxygen atoms in total. The lowest BCUT2D eigenvalue weighted by atomic mass is 9.98. The summed E-state index contributed by atoms with van der Waals surface area (Å²) in [7, 11) is 0. The lowest BCUT2D eigenvalue weighted by molar-refractivity contribution is -0.137. The van der Waals surface area contributed by atoms with Crippen LogP contribution in [0.1, 0.15) is 39.0 Å². The number of carbonyl (C=O) groups excluding carboxylic acids is 1. The number of hydrogen-bond acceptors (Lipinski definition) is 3. The first-order valence-corrected chi connectivity index (χ1v) is 7.95. The van der Waals surface area contributed by atoms with Gasteiger partial charge in [0.1, 0.15) is 0 Å². The van der Waals surface area contributed by atoms with Crippen molar-refractivity contribution in [2.45, 2.75) is 51.1 Å². The van der Waals surface area contributed by atoms with Crippen LogP contribution in [0.15, 0.2) is 0 Å². The van der Waals surface area contributed by atoms with Gasteiger partial charge in [-0.1, -0.05) is 0 Å². The van der Waals surface area contributed by atoms with Crippen molar-refractivity contribution in [3.05, 3.63) is 0 Å². The highest BCUT2D eigenvalue weighted by molar-refractivity contribution is 5.85. The van der Waals surface area contributed by atoms with E-state index < -0.39 is 0 Å². The summed E-state index contributed by atoms with van der Waals surface area (Å²) < 4.78 is 0. The first kappa shape index (κ1) is 16.1. The quantitative estimate of drug-likeness (QED) is 0.840. The van der Waals surface area contributed by atoms with Gasteiger partial charge >= 0.3 is 0 Å². The molecule has 2 saturated heterocycles. The normalized spacial score (nSPS) is 35.5. The van der Waals surface area contributed by atoms with Gasteiger partial charge in [-0.25, -0.2) is 0 Å². The van der Waals surface area contributed by atoms with Gasteiger partial charge in [0, 0.05) is 32.2 Å². The third-order valence-electron chi connectivity index (χ3n) is 5.51. The van der Waals surface area contributed by atoms with Gasteiger partial charge in [0.25, 0.3) is 0 Å². The summed E-state index contributed by atoms with van der Waals surface area (Å²) in [6.45, 7) is 6.13. The van der Waals surface area contributed by atoms with Crippen molar-refractivity contribution in [1.82, 2.24) is 9.80 Å². The second kappa shape index (κ2) is 6.63. The Kier molecular flexibility index (Phi) is 5.32. The number of halogens is 1. The highest BCUT2D eigenvalue weighted by atomic mass is 35.5. The van der Waals surface area contributed by atoms with E-state index in [4.69, 9.17) is 5.73 Å². The Morgan fingerprint density at radius 2 is 1.85 bits per heavy atom. The predicted octanol–water partition coefficient (Wildman–Crippen LogP) is 1.48. The van der Waals surface area contributed by atoms with Crippen LogP contribution in [0.25, 0.3) is 0 Å². The summed E-state index contributed by atoms with van der Waals surface area (Å²) in [4.78, 5) is 17.0. The Morgan fingerprint density at radius 1 is 1.15 bits per heavy atom. The van der Waals surface area contributed by atoms with E-state index >= 15 is 0 Å². The van der Waals surface area contributed by atoms with Crippen LogP contribution < -0.4 is 5.73 Å². The zero-order chi connectivity index (χ0) is 13.4. The molecule has 4 unspecified atom stereocenters. The number of hydrogen-bond donors (Lipinski definition) is 1. The van der Waals surface area contributed by atoms with Gasteiger partial charge in [-0.05, 0) is 50.9 Å². The topological polar surface area (TPSA) is 49.6 Å². The van der Waals surface area contributed by atoms with Gasteiger partial charge in [0.2, 0.25) is 5.91 Å². The van der Waals surface area contributed by atoms with Crippen LogP contribution >= 0.6 is 12.4 Å². The summed E-state index contributed by atoms with van der Waals surface area (Å²) in [6, 6.07) is 0.420. The Bertz CT molecular complexity index is 346. The molecule has 1 amide bonds. The van der Waals surface area contributed by atoms with Crippen molar-refractivity contribution in [2.75, 3.05) is 26.2 Å². The summed E-state index contributed by atoms with van der Waals surface area (Å²) >= 11 is 0. The second-order valence-corrected chi connectivity index (χ2v) is 6.68. The minimum absolute atomic E-state index is 0. The van der Waals surface area contributed by atoms with E-state index in [2.05, 4.69) is 16.7 Å². The maximum absolute atomic E-state index is 12.5. The fourth-order valence-corrected chi connectivity index (χ4v) is 4.19. The molecule has 5 heteroatoms. The van der Waals surface area contributed by atoms with Crippen molar-refractivity contribution in [3.63, 3.8) is 0 Å². The van der Waals surface area contributed by atoms with Crippen LogP contribution in [0.5, 0.6) is 0 Å². The molecule has 3 rings (SSSR count). The molecule has 3 aliphatic rings. The van der Waals surface area contributed by atoms with Gasteiger partial charge in [0.05, 0.1) is 6.04 Å². The van der Waals surface area contributed by atoms with E-state index in [1.54, 1.807) is 0 Å². The number of amides is 1. The van der Waals surface area contributed by atoms with Gasteiger partial charge in [0.15, 0.2) is 0 Å². The number of carbonyl (C=O) groups is 1. The van der Waals surface area contributed by atoms with E-state index in [-0.39, 0.29) is 18.4 Å². The number of rotatable bonds is 2. The molecule has 20 heavy (non-hydrogen) atoms. The molecule has 0 aromatic rings. The zero-order valence-electron chi connectivity index (χ0n) is 12.5. The Labute approximate surface area is 128 Å². The molecule has 116 valence electrons. The Morgan fingerprint density at radius 3 is 2.50 bits per heavy atom. The van der Waals surface area contributed by atoms with Crippen LogP contribution in [0.4, 0.5) is 0 Å². The standard InChI is InChI=1S/C15H27N3O.ClH/c1-11(15(19)17-7-3-2-4-8-17)18-9-12-5-6-14(16)13(12)10-18;/h11-14H,2-10,16H2,1H3;1H. The number of nitrogens with two attached hydrogens (primary N) is 1. The largest absolute Gasteiger partial charge is 0.341 e. The lowest BCUT2D eigenvalue weighted by Crippen LogP contribution is -2.48. The van der Waals surface area contributed by atoms with Crippen LogP contribution in [-0.2, 0) is 4.79 Å². The SMILES string of the molecule is CC(C(=O)N1CCCCC1)N1CC2CCC(N)C2C1.Cl. The molecule has 2 N–H and O–H groups in total. The van der Waals surface area contributed by atoms with Gasteiger partial charge in [-0.2, -0.15) is 0 Å². The average molecular weight is 302 g/mol. The first-order chi connectivity index (χ1) is 9.16. The third-order valence-corrected chi connectivity index (χ3v) is 5.51. The smallest absolute Gasteiger partial charge is 0.239 e. The molecular weight excluding hydrogens is 274 g/mol.